The van der Waals surface area contributed by atoms with Crippen LogP contribution in [-0.2, 0) is 24.6 Å². The average molecular weight is 737 g/mol. The molecule has 4 aliphatic rings. The highest BCUT2D eigenvalue weighted by molar-refractivity contribution is 6.23. The van der Waals surface area contributed by atoms with E-state index < -0.39 is 66.0 Å². The highest BCUT2D eigenvalue weighted by atomic mass is 16.5. The molecule has 8 amide bonds. The number of carbonyl (C=O) groups is 8. The van der Waals surface area contributed by atoms with Gasteiger partial charge in [-0.15, -0.1) is 0 Å². The molecule has 4 aromatic rings. The van der Waals surface area contributed by atoms with Crippen LogP contribution in [0.25, 0.3) is 0 Å². The summed E-state index contributed by atoms with van der Waals surface area (Å²) in [5.41, 5.74) is 1.61. The zero-order valence-electron chi connectivity index (χ0n) is 29.2. The second kappa shape index (κ2) is 12.9. The van der Waals surface area contributed by atoms with Crippen LogP contribution in [0.1, 0.15) is 66.4 Å². The fourth-order valence-corrected chi connectivity index (χ4v) is 6.68. The van der Waals surface area contributed by atoms with Crippen LogP contribution < -0.4 is 9.47 Å². The molecular weight excluding hydrogens is 708 g/mol. The van der Waals surface area contributed by atoms with E-state index in [1.165, 1.54) is 24.3 Å². The Balaban J connectivity index is 0.965. The number of benzene rings is 4. The van der Waals surface area contributed by atoms with Crippen LogP contribution in [0.15, 0.2) is 109 Å². The van der Waals surface area contributed by atoms with Crippen LogP contribution in [0.3, 0.4) is 0 Å². The maximum absolute atomic E-state index is 13.2. The third-order valence-corrected chi connectivity index (χ3v) is 9.83. The van der Waals surface area contributed by atoms with Gasteiger partial charge in [0.25, 0.3) is 47.3 Å². The van der Waals surface area contributed by atoms with Crippen molar-refractivity contribution in [2.75, 3.05) is 13.3 Å². The topological polar surface area (TPSA) is 168 Å². The molecule has 4 aliphatic heterocycles. The summed E-state index contributed by atoms with van der Waals surface area (Å²) in [6.45, 7) is 3.05. The summed E-state index contributed by atoms with van der Waals surface area (Å²) in [6.07, 6.45) is 4.32. The molecule has 0 atom stereocenters. The molecular formula is C41H28N4O10. The molecule has 0 N–H and O–H groups in total. The van der Waals surface area contributed by atoms with Gasteiger partial charge in [-0.05, 0) is 71.8 Å². The number of fused-ring (bicyclic) bond motifs is 2. The Bertz CT molecular complexity index is 2310. The van der Waals surface area contributed by atoms with Gasteiger partial charge in [0.05, 0.1) is 22.3 Å². The van der Waals surface area contributed by atoms with Crippen molar-refractivity contribution >= 4 is 47.3 Å². The molecule has 0 bridgehead atoms. The molecule has 4 heterocycles. The van der Waals surface area contributed by atoms with Crippen molar-refractivity contribution in [1.29, 1.82) is 0 Å². The number of hydrogen-bond donors (Lipinski definition) is 0. The van der Waals surface area contributed by atoms with Crippen LogP contribution in [0.2, 0.25) is 0 Å². The minimum absolute atomic E-state index is 0.0899. The van der Waals surface area contributed by atoms with Crippen LogP contribution in [-0.4, -0.2) is 80.2 Å². The summed E-state index contributed by atoms with van der Waals surface area (Å²) in [7, 11) is 0. The van der Waals surface area contributed by atoms with Gasteiger partial charge in [0.1, 0.15) is 36.3 Å². The maximum Gasteiger partial charge on any atom is 0.263 e. The molecule has 55 heavy (non-hydrogen) atoms. The molecule has 0 saturated carbocycles. The summed E-state index contributed by atoms with van der Waals surface area (Å²) in [4.78, 5) is 104. The van der Waals surface area contributed by atoms with Gasteiger partial charge in [-0.3, -0.25) is 58.0 Å². The summed E-state index contributed by atoms with van der Waals surface area (Å²) in [5, 5.41) is 0. The summed E-state index contributed by atoms with van der Waals surface area (Å²) in [6, 6.07) is 23.7. The molecule has 14 nitrogen and oxygen atoms in total. The fraction of sp³-hybridized carbons (Fsp3) is 0.122. The number of carbonyl (C=O) groups excluding carboxylic acids is 8. The molecule has 0 saturated heterocycles. The zero-order valence-corrected chi connectivity index (χ0v) is 29.2. The standard InChI is InChI=1S/C41H28N4O10/c1-41(2,23-5-3-7-25(17-23)54-27-9-11-29-31(19-27)39(52)44(37(29)50)21-42-33(46)13-14-34(42)47)24-6-4-8-26(18-24)55-28-10-12-30-32(20-28)40(53)45(38(30)51)22-43-35(48)15-16-36(43)49/h3-20H,21-22H2,1-2H3. The molecule has 8 rings (SSSR count). The van der Waals surface area contributed by atoms with Gasteiger partial charge in [0.2, 0.25) is 0 Å². The van der Waals surface area contributed by atoms with E-state index in [-0.39, 0.29) is 22.3 Å². The number of nitrogens with zero attached hydrogens (tertiary/aromatic N) is 4. The number of imide groups is 4. The lowest BCUT2D eigenvalue weighted by atomic mass is 9.78. The number of hydrogen-bond acceptors (Lipinski definition) is 10. The van der Waals surface area contributed by atoms with Crippen molar-refractivity contribution in [3.8, 4) is 23.0 Å². The third-order valence-electron chi connectivity index (χ3n) is 9.83. The molecule has 14 heteroatoms. The predicted molar refractivity (Wildman–Crippen MR) is 191 cm³/mol. The van der Waals surface area contributed by atoms with Gasteiger partial charge in [0, 0.05) is 29.7 Å². The van der Waals surface area contributed by atoms with Crippen molar-refractivity contribution in [1.82, 2.24) is 19.6 Å². The fourth-order valence-electron chi connectivity index (χ4n) is 6.68. The van der Waals surface area contributed by atoms with E-state index in [0.717, 1.165) is 55.0 Å². The molecule has 0 radical (unpaired) electrons. The Morgan fingerprint density at radius 2 is 0.764 bits per heavy atom. The monoisotopic (exact) mass is 736 g/mol. The lowest BCUT2D eigenvalue weighted by Gasteiger charge is -2.27. The van der Waals surface area contributed by atoms with Gasteiger partial charge in [0.15, 0.2) is 0 Å². The first-order valence-electron chi connectivity index (χ1n) is 16.9. The number of ether oxygens (including phenoxy) is 2. The quantitative estimate of drug-likeness (QED) is 0.211. The first-order chi connectivity index (χ1) is 26.3. The van der Waals surface area contributed by atoms with Crippen LogP contribution in [0.4, 0.5) is 0 Å². The maximum atomic E-state index is 13.2. The molecule has 272 valence electrons. The Kier molecular flexibility index (Phi) is 8.10. The van der Waals surface area contributed by atoms with E-state index in [9.17, 15) is 38.4 Å². The lowest BCUT2D eigenvalue weighted by Crippen LogP contribution is -2.43. The zero-order chi connectivity index (χ0) is 38.8. The Morgan fingerprint density at radius 3 is 1.15 bits per heavy atom. The minimum atomic E-state index is -0.650. The molecule has 0 aliphatic carbocycles. The molecule has 0 fully saturated rings. The van der Waals surface area contributed by atoms with Gasteiger partial charge in [-0.25, -0.2) is 0 Å². The van der Waals surface area contributed by atoms with Crippen molar-refractivity contribution in [3.63, 3.8) is 0 Å². The minimum Gasteiger partial charge on any atom is -0.457 e. The van der Waals surface area contributed by atoms with E-state index in [0.29, 0.717) is 23.0 Å². The van der Waals surface area contributed by atoms with E-state index in [4.69, 9.17) is 9.47 Å². The normalized spacial score (nSPS) is 16.3. The second-order valence-corrected chi connectivity index (χ2v) is 13.5. The van der Waals surface area contributed by atoms with Crippen LogP contribution in [0, 0.1) is 0 Å². The second-order valence-electron chi connectivity index (χ2n) is 13.5. The Morgan fingerprint density at radius 1 is 0.418 bits per heavy atom. The smallest absolute Gasteiger partial charge is 0.263 e. The predicted octanol–water partition coefficient (Wildman–Crippen LogP) is 4.55. The van der Waals surface area contributed by atoms with Crippen molar-refractivity contribution in [3.05, 3.63) is 143 Å². The molecule has 0 aromatic heterocycles. The summed E-state index contributed by atoms with van der Waals surface area (Å²) >= 11 is 0. The van der Waals surface area contributed by atoms with E-state index >= 15 is 0 Å². The summed E-state index contributed by atoms with van der Waals surface area (Å²) in [5.74, 6) is -3.44. The number of amides is 8. The van der Waals surface area contributed by atoms with Crippen LogP contribution >= 0.6 is 0 Å². The first-order valence-corrected chi connectivity index (χ1v) is 16.9. The molecule has 4 aromatic carbocycles. The summed E-state index contributed by atoms with van der Waals surface area (Å²) < 4.78 is 12.3. The van der Waals surface area contributed by atoms with Gasteiger partial charge in [-0.1, -0.05) is 38.1 Å². The largest absolute Gasteiger partial charge is 0.457 e. The van der Waals surface area contributed by atoms with Crippen molar-refractivity contribution < 1.29 is 47.8 Å². The Hall–Kier alpha value is -7.48. The van der Waals surface area contributed by atoms with Crippen molar-refractivity contribution in [2.45, 2.75) is 19.3 Å². The number of rotatable bonds is 10. The highest BCUT2D eigenvalue weighted by Gasteiger charge is 2.41. The van der Waals surface area contributed by atoms with E-state index in [1.807, 2.05) is 50.2 Å². The highest BCUT2D eigenvalue weighted by Crippen LogP contribution is 2.38. The molecule has 0 spiro atoms. The SMILES string of the molecule is CC(C)(c1cccc(Oc2ccc3c(c2)C(=O)N(CN2C(=O)C=CC2=O)C3=O)c1)c1cccc(Oc2ccc3c(c2)C(=O)N(CN2C(=O)C=CC2=O)C3=O)c1. The van der Waals surface area contributed by atoms with Crippen LogP contribution in [0.5, 0.6) is 23.0 Å². The van der Waals surface area contributed by atoms with Gasteiger partial charge in [-0.2, -0.15) is 0 Å². The average Bonchev–Trinajstić information content (AvgIpc) is 3.82. The Labute approximate surface area is 312 Å². The lowest BCUT2D eigenvalue weighted by molar-refractivity contribution is -0.139. The first kappa shape index (κ1) is 34.6. The van der Waals surface area contributed by atoms with Gasteiger partial charge < -0.3 is 9.47 Å². The van der Waals surface area contributed by atoms with Crippen molar-refractivity contribution in [2.24, 2.45) is 0 Å². The molecule has 0 unspecified atom stereocenters. The van der Waals surface area contributed by atoms with E-state index in [2.05, 4.69) is 0 Å². The third kappa shape index (κ3) is 5.95. The van der Waals surface area contributed by atoms with E-state index in [1.54, 1.807) is 24.3 Å². The van der Waals surface area contributed by atoms with Gasteiger partial charge >= 0.3 is 0 Å².